The maximum atomic E-state index is 12.0. The summed E-state index contributed by atoms with van der Waals surface area (Å²) in [4.78, 5) is 28.4. The molecular weight excluding hydrogens is 384 g/mol. The summed E-state index contributed by atoms with van der Waals surface area (Å²) in [7, 11) is 2.91. The topological polar surface area (TPSA) is 86.8 Å². The average molecular weight is 408 g/mol. The number of esters is 1. The molecule has 0 unspecified atom stereocenters. The van der Waals surface area contributed by atoms with E-state index in [-0.39, 0.29) is 18.4 Å². The lowest BCUT2D eigenvalue weighted by molar-refractivity contribution is -0.142. The molecule has 3 aromatic rings. The van der Waals surface area contributed by atoms with Gasteiger partial charge in [0, 0.05) is 28.6 Å². The molecule has 1 amide bonds. The first-order valence-electron chi connectivity index (χ1n) is 9.51. The molecule has 3 rings (SSSR count). The van der Waals surface area contributed by atoms with Gasteiger partial charge in [0.15, 0.2) is 6.61 Å². The molecule has 7 nitrogen and oxygen atoms in total. The maximum Gasteiger partial charge on any atom is 0.343 e. The molecule has 7 heteroatoms. The van der Waals surface area contributed by atoms with E-state index >= 15 is 0 Å². The number of ether oxygens (including phenoxy) is 3. The van der Waals surface area contributed by atoms with E-state index in [4.69, 9.17) is 14.5 Å². The van der Waals surface area contributed by atoms with Gasteiger partial charge in [0.25, 0.3) is 0 Å². The quantitative estimate of drug-likeness (QED) is 0.594. The number of fused-ring (bicyclic) bond motifs is 1. The summed E-state index contributed by atoms with van der Waals surface area (Å²) in [5, 5.41) is 3.55. The van der Waals surface area contributed by atoms with Crippen molar-refractivity contribution in [1.82, 2.24) is 4.98 Å². The van der Waals surface area contributed by atoms with Gasteiger partial charge in [0.1, 0.15) is 11.5 Å². The van der Waals surface area contributed by atoms with Crippen LogP contribution in [-0.4, -0.2) is 37.7 Å². The van der Waals surface area contributed by atoms with Crippen molar-refractivity contribution >= 4 is 28.5 Å². The highest BCUT2D eigenvalue weighted by atomic mass is 16.6. The molecule has 0 aliphatic heterocycles. The number of pyridine rings is 1. The van der Waals surface area contributed by atoms with E-state index in [1.54, 1.807) is 25.3 Å². The Balaban J connectivity index is 2.04. The van der Waals surface area contributed by atoms with Crippen LogP contribution in [0.15, 0.2) is 48.5 Å². The first-order valence-corrected chi connectivity index (χ1v) is 9.51. The Hall–Kier alpha value is -3.61. The Kier molecular flexibility index (Phi) is 6.51. The summed E-state index contributed by atoms with van der Waals surface area (Å²) in [6.45, 7) is 3.41. The average Bonchev–Trinajstić information content (AvgIpc) is 2.77. The molecular formula is C23H24N2O5. The summed E-state index contributed by atoms with van der Waals surface area (Å²) >= 11 is 0. The molecule has 30 heavy (non-hydrogen) atoms. The fourth-order valence-electron chi connectivity index (χ4n) is 2.78. The van der Waals surface area contributed by atoms with E-state index in [9.17, 15) is 9.59 Å². The Bertz CT molecular complexity index is 1060. The van der Waals surface area contributed by atoms with Crippen LogP contribution in [0.25, 0.3) is 22.2 Å². The van der Waals surface area contributed by atoms with E-state index in [2.05, 4.69) is 10.1 Å². The minimum absolute atomic E-state index is 0.0887. The SMILES string of the molecule is COC(=O)COc1cc(-c2ccc(OC)cc2)nc2ccc(NC(=O)C(C)C)cc12. The molecule has 0 bridgehead atoms. The third-order valence-electron chi connectivity index (χ3n) is 4.52. The zero-order chi connectivity index (χ0) is 21.7. The summed E-state index contributed by atoms with van der Waals surface area (Å²) in [5.74, 6) is 0.486. The zero-order valence-corrected chi connectivity index (χ0v) is 17.4. The van der Waals surface area contributed by atoms with Crippen LogP contribution in [-0.2, 0) is 14.3 Å². The summed E-state index contributed by atoms with van der Waals surface area (Å²) in [5.41, 5.74) is 2.86. The fraction of sp³-hybridized carbons (Fsp3) is 0.261. The van der Waals surface area contributed by atoms with Crippen molar-refractivity contribution in [3.05, 3.63) is 48.5 Å². The number of carbonyl (C=O) groups is 2. The molecule has 0 saturated heterocycles. The number of amides is 1. The second-order valence-corrected chi connectivity index (χ2v) is 6.97. The van der Waals surface area contributed by atoms with Crippen molar-refractivity contribution < 1.29 is 23.8 Å². The van der Waals surface area contributed by atoms with Crippen LogP contribution in [0.5, 0.6) is 11.5 Å². The van der Waals surface area contributed by atoms with Crippen LogP contribution in [0.1, 0.15) is 13.8 Å². The normalized spacial score (nSPS) is 10.7. The van der Waals surface area contributed by atoms with Crippen molar-refractivity contribution in [2.45, 2.75) is 13.8 Å². The Morgan fingerprint density at radius 3 is 2.40 bits per heavy atom. The Morgan fingerprint density at radius 2 is 1.77 bits per heavy atom. The molecule has 0 aliphatic carbocycles. The van der Waals surface area contributed by atoms with Crippen LogP contribution >= 0.6 is 0 Å². The lowest BCUT2D eigenvalue weighted by Crippen LogP contribution is -2.17. The summed E-state index contributed by atoms with van der Waals surface area (Å²) in [6.07, 6.45) is 0. The first kappa shape index (κ1) is 21.1. The number of benzene rings is 2. The van der Waals surface area contributed by atoms with Gasteiger partial charge in [-0.05, 0) is 42.5 Å². The number of methoxy groups -OCH3 is 2. The molecule has 0 atom stereocenters. The molecule has 1 N–H and O–H groups in total. The summed E-state index contributed by atoms with van der Waals surface area (Å²) in [6, 6.07) is 14.6. The standard InChI is InChI=1S/C23H24N2O5/c1-14(2)23(27)24-16-7-10-19-18(11-16)21(30-13-22(26)29-4)12-20(25-19)15-5-8-17(28-3)9-6-15/h5-12,14H,13H2,1-4H3,(H,24,27). The van der Waals surface area contributed by atoms with Crippen molar-refractivity contribution in [3.63, 3.8) is 0 Å². The molecule has 156 valence electrons. The number of carbonyl (C=O) groups excluding carboxylic acids is 2. The number of hydrogen-bond donors (Lipinski definition) is 1. The van der Waals surface area contributed by atoms with Crippen molar-refractivity contribution in [1.29, 1.82) is 0 Å². The number of aromatic nitrogens is 1. The van der Waals surface area contributed by atoms with Gasteiger partial charge in [-0.25, -0.2) is 9.78 Å². The fourth-order valence-corrected chi connectivity index (χ4v) is 2.78. The summed E-state index contributed by atoms with van der Waals surface area (Å²) < 4.78 is 15.6. The second kappa shape index (κ2) is 9.26. The van der Waals surface area contributed by atoms with E-state index in [0.717, 1.165) is 11.3 Å². The third kappa shape index (κ3) is 4.86. The van der Waals surface area contributed by atoms with Crippen LogP contribution in [0.2, 0.25) is 0 Å². The molecule has 0 fully saturated rings. The van der Waals surface area contributed by atoms with Gasteiger partial charge in [0.2, 0.25) is 5.91 Å². The van der Waals surface area contributed by atoms with Gasteiger partial charge < -0.3 is 19.5 Å². The number of rotatable bonds is 7. The molecule has 1 aromatic heterocycles. The number of nitrogens with zero attached hydrogens (tertiary/aromatic N) is 1. The Morgan fingerprint density at radius 1 is 1.03 bits per heavy atom. The van der Waals surface area contributed by atoms with Gasteiger partial charge in [-0.3, -0.25) is 4.79 Å². The lowest BCUT2D eigenvalue weighted by Gasteiger charge is -2.13. The number of anilines is 1. The van der Waals surface area contributed by atoms with Gasteiger partial charge in [-0.15, -0.1) is 0 Å². The smallest absolute Gasteiger partial charge is 0.343 e. The molecule has 0 radical (unpaired) electrons. The van der Waals surface area contributed by atoms with Crippen molar-refractivity contribution in [2.75, 3.05) is 26.1 Å². The van der Waals surface area contributed by atoms with E-state index in [0.29, 0.717) is 28.0 Å². The third-order valence-corrected chi connectivity index (χ3v) is 4.52. The van der Waals surface area contributed by atoms with Crippen LogP contribution in [0, 0.1) is 5.92 Å². The molecule has 1 heterocycles. The maximum absolute atomic E-state index is 12.0. The van der Waals surface area contributed by atoms with E-state index < -0.39 is 5.97 Å². The van der Waals surface area contributed by atoms with Gasteiger partial charge in [0.05, 0.1) is 25.4 Å². The lowest BCUT2D eigenvalue weighted by atomic mass is 10.1. The minimum Gasteiger partial charge on any atom is -0.497 e. The van der Waals surface area contributed by atoms with Gasteiger partial charge >= 0.3 is 5.97 Å². The largest absolute Gasteiger partial charge is 0.497 e. The van der Waals surface area contributed by atoms with Crippen molar-refractivity contribution in [3.8, 4) is 22.8 Å². The second-order valence-electron chi connectivity index (χ2n) is 6.97. The van der Waals surface area contributed by atoms with E-state index in [1.807, 2.05) is 44.2 Å². The molecule has 2 aromatic carbocycles. The molecule has 0 saturated carbocycles. The molecule has 0 spiro atoms. The first-order chi connectivity index (χ1) is 14.4. The number of hydrogen-bond acceptors (Lipinski definition) is 6. The van der Waals surface area contributed by atoms with Gasteiger partial charge in [-0.1, -0.05) is 13.8 Å². The zero-order valence-electron chi connectivity index (χ0n) is 17.4. The highest BCUT2D eigenvalue weighted by Crippen LogP contribution is 2.32. The Labute approximate surface area is 175 Å². The number of nitrogens with one attached hydrogen (secondary N) is 1. The van der Waals surface area contributed by atoms with Crippen LogP contribution in [0.3, 0.4) is 0 Å². The minimum atomic E-state index is -0.491. The monoisotopic (exact) mass is 408 g/mol. The van der Waals surface area contributed by atoms with E-state index in [1.165, 1.54) is 7.11 Å². The molecule has 0 aliphatic rings. The highest BCUT2D eigenvalue weighted by Gasteiger charge is 2.13. The predicted octanol–water partition coefficient (Wildman–Crippen LogP) is 4.06. The predicted molar refractivity (Wildman–Crippen MR) is 115 cm³/mol. The van der Waals surface area contributed by atoms with Gasteiger partial charge in [-0.2, -0.15) is 0 Å². The van der Waals surface area contributed by atoms with Crippen LogP contribution < -0.4 is 14.8 Å². The van der Waals surface area contributed by atoms with Crippen LogP contribution in [0.4, 0.5) is 5.69 Å². The highest BCUT2D eigenvalue weighted by molar-refractivity contribution is 5.96. The van der Waals surface area contributed by atoms with Crippen molar-refractivity contribution in [2.24, 2.45) is 5.92 Å².